The molecule has 2 rings (SSSR count). The highest BCUT2D eigenvalue weighted by Gasteiger charge is 2.07. The highest BCUT2D eigenvalue weighted by molar-refractivity contribution is 5.98. The fourth-order valence-corrected chi connectivity index (χ4v) is 3.10. The van der Waals surface area contributed by atoms with Crippen LogP contribution < -0.4 is 0 Å². The van der Waals surface area contributed by atoms with Gasteiger partial charge in [0.15, 0.2) is 11.6 Å². The predicted octanol–water partition coefficient (Wildman–Crippen LogP) is 8.27. The Kier molecular flexibility index (Phi) is 16.3. The zero-order valence-corrected chi connectivity index (χ0v) is 20.1. The molecule has 0 heterocycles. The first-order valence-corrected chi connectivity index (χ1v) is 11.8. The van der Waals surface area contributed by atoms with E-state index in [1.165, 1.54) is 43.7 Å². The van der Waals surface area contributed by atoms with Gasteiger partial charge in [-0.2, -0.15) is 0 Å². The molecule has 0 saturated carbocycles. The molecule has 0 amide bonds. The number of benzene rings is 2. The molecule has 0 aliphatic rings. The molecule has 166 valence electrons. The van der Waals surface area contributed by atoms with Crippen LogP contribution in [-0.4, -0.2) is 11.6 Å². The van der Waals surface area contributed by atoms with E-state index in [-0.39, 0.29) is 11.6 Å². The van der Waals surface area contributed by atoms with Crippen LogP contribution in [0.1, 0.15) is 112 Å². The third kappa shape index (κ3) is 11.1. The second-order valence-corrected chi connectivity index (χ2v) is 7.04. The molecule has 0 aliphatic heterocycles. The number of rotatable bonds is 11. The quantitative estimate of drug-likeness (QED) is 0.276. The minimum absolute atomic E-state index is 0.0281. The third-order valence-corrected chi connectivity index (χ3v) is 4.82. The van der Waals surface area contributed by atoms with Crippen molar-refractivity contribution in [1.29, 1.82) is 0 Å². The van der Waals surface area contributed by atoms with Crippen LogP contribution in [0.2, 0.25) is 0 Å². The zero-order chi connectivity index (χ0) is 22.8. The lowest BCUT2D eigenvalue weighted by atomic mass is 10.00. The summed E-state index contributed by atoms with van der Waals surface area (Å²) in [4.78, 5) is 23.5. The van der Waals surface area contributed by atoms with E-state index in [1.54, 1.807) is 24.3 Å². The third-order valence-electron chi connectivity index (χ3n) is 4.82. The Bertz CT molecular complexity index is 696. The van der Waals surface area contributed by atoms with Gasteiger partial charge in [-0.1, -0.05) is 96.0 Å². The van der Waals surface area contributed by atoms with Crippen LogP contribution in [0, 0.1) is 0 Å². The summed E-state index contributed by atoms with van der Waals surface area (Å²) in [6, 6.07) is 15.9. The number of Topliss-reactive ketones (excluding diaryl/α,β-unsaturated/α-hetero) is 2. The normalized spacial score (nSPS) is 9.67. The molecular weight excluding hydrogens is 368 g/mol. The Hall–Kier alpha value is -2.22. The summed E-state index contributed by atoms with van der Waals surface area (Å²) < 4.78 is 0. The zero-order valence-electron chi connectivity index (χ0n) is 20.1. The van der Waals surface area contributed by atoms with Crippen LogP contribution in [0.4, 0.5) is 0 Å². The minimum Gasteiger partial charge on any atom is -0.295 e. The van der Waals surface area contributed by atoms with Crippen LogP contribution in [0.25, 0.3) is 0 Å². The molecule has 0 saturated heterocycles. The standard InChI is InChI=1S/C24H30O2.2C2H6/c1-3-4-5-8-20-11-13-21(14-12-20)9-6-7-10-24(26)23-17-15-22(16-18-23)19(2)25;2*1-2/h11-18H,3-10H2,1-2H3;2*1-2H3. The molecule has 0 radical (unpaired) electrons. The first-order chi connectivity index (χ1) is 14.6. The molecule has 0 aromatic heterocycles. The van der Waals surface area contributed by atoms with Gasteiger partial charge in [0.1, 0.15) is 0 Å². The molecule has 0 N–H and O–H groups in total. The van der Waals surface area contributed by atoms with Gasteiger partial charge in [0.05, 0.1) is 0 Å². The monoisotopic (exact) mass is 410 g/mol. The smallest absolute Gasteiger partial charge is 0.162 e. The van der Waals surface area contributed by atoms with Crippen molar-refractivity contribution in [3.05, 3.63) is 70.8 Å². The molecule has 30 heavy (non-hydrogen) atoms. The van der Waals surface area contributed by atoms with Crippen LogP contribution in [0.15, 0.2) is 48.5 Å². The summed E-state index contributed by atoms with van der Waals surface area (Å²) in [6.07, 6.45) is 8.50. The van der Waals surface area contributed by atoms with Gasteiger partial charge in [-0.25, -0.2) is 0 Å². The molecule has 0 fully saturated rings. The lowest BCUT2D eigenvalue weighted by Crippen LogP contribution is -2.01. The molecule has 2 aromatic rings. The van der Waals surface area contributed by atoms with E-state index < -0.39 is 0 Å². The molecule has 0 bridgehead atoms. The van der Waals surface area contributed by atoms with E-state index in [0.717, 1.165) is 19.3 Å². The van der Waals surface area contributed by atoms with Crippen molar-refractivity contribution in [2.45, 2.75) is 92.9 Å². The molecule has 0 unspecified atom stereocenters. The van der Waals surface area contributed by atoms with Gasteiger partial charge in [0.25, 0.3) is 0 Å². The number of unbranched alkanes of at least 4 members (excludes halogenated alkanes) is 3. The van der Waals surface area contributed by atoms with Crippen molar-refractivity contribution in [1.82, 2.24) is 0 Å². The summed E-state index contributed by atoms with van der Waals surface area (Å²) in [5.74, 6) is 0.187. The second kappa shape index (κ2) is 17.6. The van der Waals surface area contributed by atoms with Crippen molar-refractivity contribution < 1.29 is 9.59 Å². The van der Waals surface area contributed by atoms with Gasteiger partial charge in [-0.05, 0) is 50.2 Å². The van der Waals surface area contributed by atoms with Crippen LogP contribution in [0.5, 0.6) is 0 Å². The fraction of sp³-hybridized carbons (Fsp3) is 0.500. The fourth-order valence-electron chi connectivity index (χ4n) is 3.10. The second-order valence-electron chi connectivity index (χ2n) is 7.04. The molecule has 2 aromatic carbocycles. The van der Waals surface area contributed by atoms with Crippen LogP contribution >= 0.6 is 0 Å². The predicted molar refractivity (Wildman–Crippen MR) is 131 cm³/mol. The summed E-state index contributed by atoms with van der Waals surface area (Å²) in [5, 5.41) is 0. The number of ketones is 2. The Morgan fingerprint density at radius 2 is 1.07 bits per heavy atom. The molecule has 2 heteroatoms. The van der Waals surface area contributed by atoms with E-state index in [0.29, 0.717) is 17.5 Å². The maximum absolute atomic E-state index is 12.2. The van der Waals surface area contributed by atoms with Crippen molar-refractivity contribution in [3.63, 3.8) is 0 Å². The summed E-state index contributed by atoms with van der Waals surface area (Å²) in [5.41, 5.74) is 4.13. The van der Waals surface area contributed by atoms with E-state index in [2.05, 4.69) is 31.2 Å². The number of carbonyl (C=O) groups is 2. The first kappa shape index (κ1) is 27.8. The summed E-state index contributed by atoms with van der Waals surface area (Å²) in [6.45, 7) is 11.8. The largest absolute Gasteiger partial charge is 0.295 e. The average molecular weight is 411 g/mol. The molecular formula is C28H42O2. The number of hydrogen-bond acceptors (Lipinski definition) is 2. The van der Waals surface area contributed by atoms with E-state index in [9.17, 15) is 9.59 Å². The van der Waals surface area contributed by atoms with Crippen molar-refractivity contribution in [3.8, 4) is 0 Å². The van der Waals surface area contributed by atoms with Crippen molar-refractivity contribution in [2.24, 2.45) is 0 Å². The maximum atomic E-state index is 12.2. The van der Waals surface area contributed by atoms with E-state index in [1.807, 2.05) is 27.7 Å². The topological polar surface area (TPSA) is 34.1 Å². The van der Waals surface area contributed by atoms with Gasteiger partial charge in [-0.3, -0.25) is 9.59 Å². The van der Waals surface area contributed by atoms with Gasteiger partial charge >= 0.3 is 0 Å². The van der Waals surface area contributed by atoms with Crippen LogP contribution in [-0.2, 0) is 12.8 Å². The highest BCUT2D eigenvalue weighted by Crippen LogP contribution is 2.14. The first-order valence-electron chi connectivity index (χ1n) is 11.8. The van der Waals surface area contributed by atoms with Gasteiger partial charge < -0.3 is 0 Å². The van der Waals surface area contributed by atoms with E-state index in [4.69, 9.17) is 0 Å². The highest BCUT2D eigenvalue weighted by atomic mass is 16.1. The minimum atomic E-state index is 0.0281. The summed E-state index contributed by atoms with van der Waals surface area (Å²) >= 11 is 0. The maximum Gasteiger partial charge on any atom is 0.162 e. The molecule has 0 aliphatic carbocycles. The van der Waals surface area contributed by atoms with Crippen LogP contribution in [0.3, 0.4) is 0 Å². The van der Waals surface area contributed by atoms with E-state index >= 15 is 0 Å². The Morgan fingerprint density at radius 1 is 0.633 bits per heavy atom. The van der Waals surface area contributed by atoms with Crippen molar-refractivity contribution in [2.75, 3.05) is 0 Å². The number of aryl methyl sites for hydroxylation is 2. The lowest BCUT2D eigenvalue weighted by Gasteiger charge is -2.05. The molecule has 0 spiro atoms. The molecule has 2 nitrogen and oxygen atoms in total. The molecule has 0 atom stereocenters. The summed E-state index contributed by atoms with van der Waals surface area (Å²) in [7, 11) is 0. The van der Waals surface area contributed by atoms with Gasteiger partial charge in [0.2, 0.25) is 0 Å². The Labute approximate surface area is 185 Å². The van der Waals surface area contributed by atoms with Crippen molar-refractivity contribution >= 4 is 11.6 Å². The number of carbonyl (C=O) groups excluding carboxylic acids is 2. The number of hydrogen-bond donors (Lipinski definition) is 0. The SMILES string of the molecule is CC.CC.CCCCCc1ccc(CCCCC(=O)c2ccc(C(C)=O)cc2)cc1. The lowest BCUT2D eigenvalue weighted by molar-refractivity contribution is 0.0975. The van der Waals surface area contributed by atoms with Gasteiger partial charge in [-0.15, -0.1) is 0 Å². The Morgan fingerprint density at radius 3 is 1.50 bits per heavy atom. The Balaban J connectivity index is 0.00000198. The average Bonchev–Trinajstić information content (AvgIpc) is 2.80. The van der Waals surface area contributed by atoms with Gasteiger partial charge in [0, 0.05) is 17.5 Å².